The molecule has 112 valence electrons. The number of benzene rings is 1. The number of hydrogen-bond donors (Lipinski definition) is 1. The van der Waals surface area contributed by atoms with Crippen LogP contribution in [0.1, 0.15) is 57.1 Å². The second kappa shape index (κ2) is 7.83. The van der Waals surface area contributed by atoms with Crippen LogP contribution in [0.15, 0.2) is 24.3 Å². The lowest BCUT2D eigenvalue weighted by Gasteiger charge is -2.26. The monoisotopic (exact) mass is 273 g/mol. The lowest BCUT2D eigenvalue weighted by Crippen LogP contribution is -2.33. The molecular formula is C19H31N. The van der Waals surface area contributed by atoms with E-state index in [0.29, 0.717) is 6.04 Å². The fourth-order valence-corrected chi connectivity index (χ4v) is 3.53. The van der Waals surface area contributed by atoms with Gasteiger partial charge in [-0.1, -0.05) is 62.9 Å². The van der Waals surface area contributed by atoms with E-state index in [1.165, 1.54) is 56.2 Å². The zero-order valence-electron chi connectivity index (χ0n) is 13.5. The Morgan fingerprint density at radius 2 is 1.85 bits per heavy atom. The summed E-state index contributed by atoms with van der Waals surface area (Å²) in [5.74, 6) is 1.73. The van der Waals surface area contributed by atoms with Gasteiger partial charge < -0.3 is 5.32 Å². The summed E-state index contributed by atoms with van der Waals surface area (Å²) in [5, 5.41) is 3.67. The summed E-state index contributed by atoms with van der Waals surface area (Å²) in [6.07, 6.45) is 8.38. The smallest absolute Gasteiger partial charge is 0.00104 e. The summed E-state index contributed by atoms with van der Waals surface area (Å²) >= 11 is 0. The number of hydrogen-bond acceptors (Lipinski definition) is 1. The molecule has 2 unspecified atom stereocenters. The van der Waals surface area contributed by atoms with Crippen molar-refractivity contribution < 1.29 is 0 Å². The summed E-state index contributed by atoms with van der Waals surface area (Å²) in [7, 11) is 0. The van der Waals surface area contributed by atoms with E-state index in [-0.39, 0.29) is 0 Å². The summed E-state index contributed by atoms with van der Waals surface area (Å²) < 4.78 is 0. The molecule has 0 spiro atoms. The van der Waals surface area contributed by atoms with Gasteiger partial charge >= 0.3 is 0 Å². The van der Waals surface area contributed by atoms with Gasteiger partial charge in [-0.25, -0.2) is 0 Å². The van der Waals surface area contributed by atoms with E-state index < -0.39 is 0 Å². The molecule has 0 aliphatic heterocycles. The Balaban J connectivity index is 2.00. The van der Waals surface area contributed by atoms with Crippen LogP contribution in [0.25, 0.3) is 0 Å². The molecule has 1 N–H and O–H groups in total. The molecule has 2 atom stereocenters. The van der Waals surface area contributed by atoms with Crippen LogP contribution in [-0.2, 0) is 6.42 Å². The van der Waals surface area contributed by atoms with Crippen LogP contribution in [0.4, 0.5) is 0 Å². The van der Waals surface area contributed by atoms with Crippen molar-refractivity contribution in [2.75, 3.05) is 6.54 Å². The van der Waals surface area contributed by atoms with E-state index in [0.717, 1.165) is 11.8 Å². The quantitative estimate of drug-likeness (QED) is 0.765. The third-order valence-electron chi connectivity index (χ3n) is 4.69. The van der Waals surface area contributed by atoms with Gasteiger partial charge in [-0.3, -0.25) is 0 Å². The fraction of sp³-hybridized carbons (Fsp3) is 0.684. The van der Waals surface area contributed by atoms with Crippen LogP contribution in [0, 0.1) is 18.8 Å². The van der Waals surface area contributed by atoms with Gasteiger partial charge in [0.15, 0.2) is 0 Å². The van der Waals surface area contributed by atoms with Gasteiger partial charge in [0.1, 0.15) is 0 Å². The van der Waals surface area contributed by atoms with Crippen LogP contribution in [0.2, 0.25) is 0 Å². The van der Waals surface area contributed by atoms with Gasteiger partial charge in [0.05, 0.1) is 0 Å². The molecule has 1 nitrogen and oxygen atoms in total. The van der Waals surface area contributed by atoms with Crippen molar-refractivity contribution in [1.82, 2.24) is 5.32 Å². The first kappa shape index (κ1) is 15.6. The molecule has 1 aliphatic carbocycles. The molecule has 1 aromatic rings. The Morgan fingerprint density at radius 3 is 2.55 bits per heavy atom. The van der Waals surface area contributed by atoms with Gasteiger partial charge in [0.2, 0.25) is 0 Å². The average Bonchev–Trinajstić information content (AvgIpc) is 2.62. The van der Waals surface area contributed by atoms with Crippen molar-refractivity contribution in [2.45, 2.75) is 65.3 Å². The SMILES string of the molecule is Cc1cccc(CC2CCCCCC2CNC(C)C)c1. The molecule has 0 bridgehead atoms. The maximum atomic E-state index is 3.67. The Hall–Kier alpha value is -0.820. The topological polar surface area (TPSA) is 12.0 Å². The highest BCUT2D eigenvalue weighted by Gasteiger charge is 2.23. The summed E-state index contributed by atoms with van der Waals surface area (Å²) in [5.41, 5.74) is 2.93. The van der Waals surface area contributed by atoms with Crippen LogP contribution in [0.5, 0.6) is 0 Å². The Labute approximate surface area is 125 Å². The molecule has 1 heteroatoms. The molecule has 0 saturated heterocycles. The van der Waals surface area contributed by atoms with Gasteiger partial charge in [-0.2, -0.15) is 0 Å². The molecule has 0 amide bonds. The van der Waals surface area contributed by atoms with Crippen LogP contribution < -0.4 is 5.32 Å². The molecule has 1 aromatic carbocycles. The van der Waals surface area contributed by atoms with Gasteiger partial charge in [-0.15, -0.1) is 0 Å². The average molecular weight is 273 g/mol. The highest BCUT2D eigenvalue weighted by Crippen LogP contribution is 2.31. The van der Waals surface area contributed by atoms with Crippen LogP contribution in [-0.4, -0.2) is 12.6 Å². The third-order valence-corrected chi connectivity index (χ3v) is 4.69. The highest BCUT2D eigenvalue weighted by atomic mass is 14.9. The van der Waals surface area contributed by atoms with E-state index in [2.05, 4.69) is 50.4 Å². The maximum absolute atomic E-state index is 3.67. The summed E-state index contributed by atoms with van der Waals surface area (Å²) in [6.45, 7) is 7.92. The number of rotatable bonds is 5. The molecule has 1 aliphatic rings. The zero-order chi connectivity index (χ0) is 14.4. The Bertz CT molecular complexity index is 397. The predicted octanol–water partition coefficient (Wildman–Crippen LogP) is 4.73. The van der Waals surface area contributed by atoms with Crippen LogP contribution in [0.3, 0.4) is 0 Å². The van der Waals surface area contributed by atoms with Gasteiger partial charge in [0.25, 0.3) is 0 Å². The molecule has 2 rings (SSSR count). The van der Waals surface area contributed by atoms with Crippen molar-refractivity contribution in [3.05, 3.63) is 35.4 Å². The molecule has 1 fully saturated rings. The van der Waals surface area contributed by atoms with Gasteiger partial charge in [-0.05, 0) is 50.1 Å². The Kier molecular flexibility index (Phi) is 6.09. The first-order chi connectivity index (χ1) is 9.65. The minimum Gasteiger partial charge on any atom is -0.314 e. The van der Waals surface area contributed by atoms with Crippen molar-refractivity contribution in [2.24, 2.45) is 11.8 Å². The maximum Gasteiger partial charge on any atom is 0.00104 e. The molecule has 1 saturated carbocycles. The van der Waals surface area contributed by atoms with Crippen LogP contribution >= 0.6 is 0 Å². The number of aryl methyl sites for hydroxylation is 1. The second-order valence-electron chi connectivity index (χ2n) is 6.91. The normalized spacial score (nSPS) is 23.8. The van der Waals surface area contributed by atoms with Gasteiger partial charge in [0, 0.05) is 6.04 Å². The van der Waals surface area contributed by atoms with E-state index in [1.807, 2.05) is 0 Å². The predicted molar refractivity (Wildman–Crippen MR) is 88.1 cm³/mol. The van der Waals surface area contributed by atoms with Crippen molar-refractivity contribution >= 4 is 0 Å². The van der Waals surface area contributed by atoms with E-state index in [4.69, 9.17) is 0 Å². The van der Waals surface area contributed by atoms with Crippen molar-refractivity contribution in [3.63, 3.8) is 0 Å². The number of nitrogens with one attached hydrogen (secondary N) is 1. The second-order valence-corrected chi connectivity index (χ2v) is 6.91. The standard InChI is InChI=1S/C19H31N/c1-15(2)20-14-19-11-6-4-5-10-18(19)13-17-9-7-8-16(3)12-17/h7-9,12,15,18-20H,4-6,10-11,13-14H2,1-3H3. The first-order valence-corrected chi connectivity index (χ1v) is 8.44. The zero-order valence-corrected chi connectivity index (χ0v) is 13.5. The van der Waals surface area contributed by atoms with E-state index in [1.54, 1.807) is 0 Å². The fourth-order valence-electron chi connectivity index (χ4n) is 3.53. The van der Waals surface area contributed by atoms with Crippen molar-refractivity contribution in [1.29, 1.82) is 0 Å². The van der Waals surface area contributed by atoms with E-state index >= 15 is 0 Å². The largest absolute Gasteiger partial charge is 0.314 e. The minimum absolute atomic E-state index is 0.609. The third kappa shape index (κ3) is 4.94. The summed E-state index contributed by atoms with van der Waals surface area (Å²) in [6, 6.07) is 9.71. The Morgan fingerprint density at radius 1 is 1.10 bits per heavy atom. The molecule has 0 heterocycles. The molecule has 0 radical (unpaired) electrons. The highest BCUT2D eigenvalue weighted by molar-refractivity contribution is 5.22. The molecule has 20 heavy (non-hydrogen) atoms. The first-order valence-electron chi connectivity index (χ1n) is 8.44. The lowest BCUT2D eigenvalue weighted by atomic mass is 9.83. The molecular weight excluding hydrogens is 242 g/mol. The minimum atomic E-state index is 0.609. The lowest BCUT2D eigenvalue weighted by molar-refractivity contribution is 0.291. The van der Waals surface area contributed by atoms with Crippen molar-refractivity contribution in [3.8, 4) is 0 Å². The molecule has 0 aromatic heterocycles. The summed E-state index contributed by atoms with van der Waals surface area (Å²) in [4.78, 5) is 0. The van der Waals surface area contributed by atoms with E-state index in [9.17, 15) is 0 Å².